The van der Waals surface area contributed by atoms with Gasteiger partial charge in [-0.1, -0.05) is 46.6 Å². The molecule has 0 radical (unpaired) electrons. The molecule has 0 saturated heterocycles. The average Bonchev–Trinajstić information content (AvgIpc) is 3.32. The van der Waals surface area contributed by atoms with Crippen molar-refractivity contribution in [3.05, 3.63) is 87.3 Å². The van der Waals surface area contributed by atoms with E-state index in [1.807, 2.05) is 48.9 Å². The van der Waals surface area contributed by atoms with Crippen LogP contribution in [0.5, 0.6) is 0 Å². The van der Waals surface area contributed by atoms with E-state index in [-0.39, 0.29) is 11.6 Å². The van der Waals surface area contributed by atoms with E-state index < -0.39 is 0 Å². The van der Waals surface area contributed by atoms with Gasteiger partial charge in [0.25, 0.3) is 5.91 Å². The number of aryl methyl sites for hydroxylation is 1. The molecule has 1 N–H and O–H groups in total. The van der Waals surface area contributed by atoms with Gasteiger partial charge in [0.2, 0.25) is 0 Å². The molecule has 152 valence electrons. The fourth-order valence-electron chi connectivity index (χ4n) is 3.21. The zero-order valence-electron chi connectivity index (χ0n) is 16.3. The summed E-state index contributed by atoms with van der Waals surface area (Å²) in [5, 5.41) is 12.3. The molecule has 0 unspecified atom stereocenters. The Kier molecular flexibility index (Phi) is 5.61. The molecule has 0 spiro atoms. The van der Waals surface area contributed by atoms with Crippen LogP contribution in [0.1, 0.15) is 27.4 Å². The first-order valence-corrected chi connectivity index (χ1v) is 10.0. The Hall–Kier alpha value is -3.09. The number of benzene rings is 2. The van der Waals surface area contributed by atoms with Crippen LogP contribution in [0, 0.1) is 13.8 Å². The van der Waals surface area contributed by atoms with Gasteiger partial charge in [-0.05, 0) is 44.2 Å². The Morgan fingerprint density at radius 3 is 2.60 bits per heavy atom. The maximum Gasteiger partial charge on any atom is 0.273 e. The van der Waals surface area contributed by atoms with E-state index >= 15 is 0 Å². The molecule has 30 heavy (non-hydrogen) atoms. The quantitative estimate of drug-likeness (QED) is 0.451. The van der Waals surface area contributed by atoms with Gasteiger partial charge in [-0.25, -0.2) is 4.68 Å². The van der Waals surface area contributed by atoms with Crippen LogP contribution < -0.4 is 5.32 Å². The molecular formula is C22H18Cl2N4O2. The van der Waals surface area contributed by atoms with Crippen molar-refractivity contribution in [2.75, 3.05) is 0 Å². The number of para-hydroxylation sites is 1. The minimum atomic E-state index is -0.346. The highest BCUT2D eigenvalue weighted by Gasteiger charge is 2.18. The number of rotatable bonds is 5. The lowest BCUT2D eigenvalue weighted by Crippen LogP contribution is -2.23. The summed E-state index contributed by atoms with van der Waals surface area (Å²) in [5.74, 6) is 0.0485. The van der Waals surface area contributed by atoms with Crippen LogP contribution in [0.15, 0.2) is 59.1 Å². The predicted octanol–water partition coefficient (Wildman–Crippen LogP) is 5.38. The summed E-state index contributed by atoms with van der Waals surface area (Å²) < 4.78 is 7.17. The van der Waals surface area contributed by atoms with E-state index in [0.717, 1.165) is 22.6 Å². The largest absolute Gasteiger partial charge is 0.355 e. The zero-order chi connectivity index (χ0) is 21.3. The third-order valence-corrected chi connectivity index (χ3v) is 5.35. The SMILES string of the molecule is Cc1nn(-c2ccccc2)c(C)c1CNC(=O)c1cc(-c2ccc(Cl)cc2Cl)on1. The molecule has 1 amide bonds. The Labute approximate surface area is 183 Å². The smallest absolute Gasteiger partial charge is 0.273 e. The van der Waals surface area contributed by atoms with E-state index in [1.54, 1.807) is 24.3 Å². The summed E-state index contributed by atoms with van der Waals surface area (Å²) in [5.41, 5.74) is 4.52. The number of halogens is 2. The molecule has 0 aliphatic rings. The third kappa shape index (κ3) is 3.97. The van der Waals surface area contributed by atoms with Crippen LogP contribution in [-0.2, 0) is 6.54 Å². The van der Waals surface area contributed by atoms with Crippen LogP contribution in [0.25, 0.3) is 17.0 Å². The number of carbonyl (C=O) groups excluding carboxylic acids is 1. The standard InChI is InChI=1S/C22H18Cl2N4O2/c1-13-18(14(2)28(26-13)16-6-4-3-5-7-16)12-25-22(29)20-11-21(30-27-20)17-9-8-15(23)10-19(17)24/h3-11H,12H2,1-2H3,(H,25,29). The van der Waals surface area contributed by atoms with Gasteiger partial charge in [-0.15, -0.1) is 0 Å². The van der Waals surface area contributed by atoms with Crippen LogP contribution in [0.4, 0.5) is 0 Å². The molecule has 0 aliphatic carbocycles. The molecule has 6 nitrogen and oxygen atoms in total. The molecule has 2 aromatic heterocycles. The van der Waals surface area contributed by atoms with Gasteiger partial charge in [0.05, 0.1) is 16.4 Å². The monoisotopic (exact) mass is 440 g/mol. The second-order valence-electron chi connectivity index (χ2n) is 6.78. The highest BCUT2D eigenvalue weighted by atomic mass is 35.5. The minimum absolute atomic E-state index is 0.168. The first-order valence-electron chi connectivity index (χ1n) is 9.25. The normalized spacial score (nSPS) is 10.9. The lowest BCUT2D eigenvalue weighted by molar-refractivity contribution is 0.0942. The lowest BCUT2D eigenvalue weighted by atomic mass is 10.1. The molecule has 2 heterocycles. The van der Waals surface area contributed by atoms with Crippen LogP contribution in [0.2, 0.25) is 10.0 Å². The lowest BCUT2D eigenvalue weighted by Gasteiger charge is -2.06. The summed E-state index contributed by atoms with van der Waals surface area (Å²) in [6, 6.07) is 16.4. The Morgan fingerprint density at radius 2 is 1.87 bits per heavy atom. The average molecular weight is 441 g/mol. The van der Waals surface area contributed by atoms with Gasteiger partial charge >= 0.3 is 0 Å². The first kappa shape index (κ1) is 20.2. The van der Waals surface area contributed by atoms with E-state index in [0.29, 0.717) is 27.9 Å². The van der Waals surface area contributed by atoms with E-state index in [4.69, 9.17) is 27.7 Å². The van der Waals surface area contributed by atoms with Gasteiger partial charge in [0, 0.05) is 34.5 Å². The fraction of sp³-hybridized carbons (Fsp3) is 0.136. The third-order valence-electron chi connectivity index (χ3n) is 4.81. The molecule has 0 aliphatic heterocycles. The predicted molar refractivity (Wildman–Crippen MR) is 116 cm³/mol. The molecule has 0 atom stereocenters. The second-order valence-corrected chi connectivity index (χ2v) is 7.62. The van der Waals surface area contributed by atoms with Crippen molar-refractivity contribution in [3.8, 4) is 17.0 Å². The maximum absolute atomic E-state index is 12.6. The van der Waals surface area contributed by atoms with E-state index in [2.05, 4.69) is 15.6 Å². The van der Waals surface area contributed by atoms with Crippen molar-refractivity contribution in [2.24, 2.45) is 0 Å². The number of aromatic nitrogens is 3. The van der Waals surface area contributed by atoms with Gasteiger partial charge in [0.1, 0.15) is 0 Å². The van der Waals surface area contributed by atoms with Crippen LogP contribution in [-0.4, -0.2) is 20.8 Å². The number of nitrogens with one attached hydrogen (secondary N) is 1. The van der Waals surface area contributed by atoms with Crippen molar-refractivity contribution in [1.29, 1.82) is 0 Å². The molecule has 0 fully saturated rings. The Balaban J connectivity index is 1.50. The minimum Gasteiger partial charge on any atom is -0.355 e. The zero-order valence-corrected chi connectivity index (χ0v) is 17.8. The van der Waals surface area contributed by atoms with Crippen molar-refractivity contribution in [2.45, 2.75) is 20.4 Å². The molecular weight excluding hydrogens is 423 g/mol. The van der Waals surface area contributed by atoms with Crippen molar-refractivity contribution in [3.63, 3.8) is 0 Å². The van der Waals surface area contributed by atoms with Gasteiger partial charge in [-0.3, -0.25) is 4.79 Å². The molecule has 4 aromatic rings. The molecule has 0 saturated carbocycles. The van der Waals surface area contributed by atoms with Crippen molar-refractivity contribution >= 4 is 29.1 Å². The molecule has 4 rings (SSSR count). The summed E-state index contributed by atoms with van der Waals surface area (Å²) in [7, 11) is 0. The highest BCUT2D eigenvalue weighted by Crippen LogP contribution is 2.30. The van der Waals surface area contributed by atoms with Gasteiger partial charge in [-0.2, -0.15) is 5.10 Å². The van der Waals surface area contributed by atoms with E-state index in [9.17, 15) is 4.79 Å². The van der Waals surface area contributed by atoms with Gasteiger partial charge < -0.3 is 9.84 Å². The number of hydrogen-bond acceptors (Lipinski definition) is 4. The Bertz CT molecular complexity index is 1220. The first-order chi connectivity index (χ1) is 14.4. The summed E-state index contributed by atoms with van der Waals surface area (Å²) in [4.78, 5) is 12.6. The highest BCUT2D eigenvalue weighted by molar-refractivity contribution is 6.36. The maximum atomic E-state index is 12.6. The summed E-state index contributed by atoms with van der Waals surface area (Å²) >= 11 is 12.1. The molecule has 8 heteroatoms. The van der Waals surface area contributed by atoms with Crippen LogP contribution >= 0.6 is 23.2 Å². The fourth-order valence-corrected chi connectivity index (χ4v) is 3.71. The topological polar surface area (TPSA) is 73.0 Å². The number of nitrogens with zero attached hydrogens (tertiary/aromatic N) is 3. The number of amides is 1. The summed E-state index contributed by atoms with van der Waals surface area (Å²) in [6.07, 6.45) is 0. The second kappa shape index (κ2) is 8.34. The van der Waals surface area contributed by atoms with Crippen LogP contribution in [0.3, 0.4) is 0 Å². The number of hydrogen-bond donors (Lipinski definition) is 1. The summed E-state index contributed by atoms with van der Waals surface area (Å²) in [6.45, 7) is 4.23. The van der Waals surface area contributed by atoms with Crippen molar-refractivity contribution in [1.82, 2.24) is 20.3 Å². The molecule has 2 aromatic carbocycles. The van der Waals surface area contributed by atoms with Gasteiger partial charge in [0.15, 0.2) is 11.5 Å². The number of carbonyl (C=O) groups is 1. The molecule has 0 bridgehead atoms. The van der Waals surface area contributed by atoms with Crippen molar-refractivity contribution < 1.29 is 9.32 Å². The van der Waals surface area contributed by atoms with E-state index in [1.165, 1.54) is 0 Å². The Morgan fingerprint density at radius 1 is 1.10 bits per heavy atom.